The molecule has 20 rings (SSSR count). The number of nitrogens with zero attached hydrogens (tertiary/aromatic N) is 8. The molecule has 0 aliphatic rings. The van der Waals surface area contributed by atoms with E-state index in [-0.39, 0.29) is 22.5 Å². The molecule has 14 aromatic carbocycles. The maximum atomic E-state index is 16.0. The van der Waals surface area contributed by atoms with Gasteiger partial charge in [-0.25, -0.2) is 9.69 Å². The topological polar surface area (TPSA) is 38.3 Å². The molecule has 98 heavy (non-hydrogen) atoms. The molecule has 0 fully saturated rings. The third-order valence-corrected chi connectivity index (χ3v) is 20.3. The normalized spacial score (nSPS) is 12.2. The van der Waals surface area contributed by atoms with Gasteiger partial charge in [0.25, 0.3) is 0 Å². The van der Waals surface area contributed by atoms with E-state index in [1.807, 2.05) is 0 Å². The molecule has 0 saturated carbocycles. The minimum absolute atomic E-state index is 0.0255. The molecule has 0 unspecified atom stereocenters. The highest BCUT2D eigenvalue weighted by Crippen LogP contribution is 2.51. The average molecular weight is 1260 g/mol. The second-order valence-corrected chi connectivity index (χ2v) is 25.2. The summed E-state index contributed by atoms with van der Waals surface area (Å²) in [5.74, 6) is 0. The fourth-order valence-electron chi connectivity index (χ4n) is 16.2. The van der Waals surface area contributed by atoms with Crippen LogP contribution in [0.4, 0.5) is 24.5 Å². The Morgan fingerprint density at radius 1 is 0.235 bits per heavy atom. The molecule has 11 heteroatoms. The Morgan fingerprint density at radius 3 is 0.755 bits per heavy atom. The fourth-order valence-corrected chi connectivity index (χ4v) is 16.2. The van der Waals surface area contributed by atoms with Gasteiger partial charge in [-0.2, -0.15) is 13.2 Å². The smallest absolute Gasteiger partial charge is 0.309 e. The van der Waals surface area contributed by atoms with Gasteiger partial charge in [0.05, 0.1) is 96.3 Å². The van der Waals surface area contributed by atoms with Crippen molar-refractivity contribution in [2.45, 2.75) is 6.18 Å². The van der Waals surface area contributed by atoms with Crippen molar-refractivity contribution in [3.63, 3.8) is 0 Å². The number of fused-ring (bicyclic) bond motifs is 18. The van der Waals surface area contributed by atoms with Crippen molar-refractivity contribution in [3.05, 3.63) is 326 Å². The van der Waals surface area contributed by atoms with Crippen LogP contribution in [0.3, 0.4) is 0 Å². The largest absolute Gasteiger partial charge is 0.415 e. The van der Waals surface area contributed by atoms with E-state index in [1.54, 1.807) is 12.1 Å². The Balaban J connectivity index is 0.981. The van der Waals surface area contributed by atoms with Crippen LogP contribution in [0.25, 0.3) is 186 Å². The summed E-state index contributed by atoms with van der Waals surface area (Å²) in [6.07, 6.45) is -4.91. The minimum Gasteiger partial charge on any atom is -0.309 e. The summed E-state index contributed by atoms with van der Waals surface area (Å²) in [4.78, 5) is 8.03. The number of hydrogen-bond acceptors (Lipinski definition) is 0. The number of rotatable bonds is 7. The van der Waals surface area contributed by atoms with E-state index in [2.05, 4.69) is 304 Å². The minimum atomic E-state index is -4.91. The quantitative estimate of drug-likeness (QED) is 0.143. The Hall–Kier alpha value is -13.4. The van der Waals surface area contributed by atoms with Crippen LogP contribution in [0.5, 0.6) is 0 Å². The molecule has 0 atom stereocenters. The molecule has 0 bridgehead atoms. The second kappa shape index (κ2) is 20.6. The van der Waals surface area contributed by atoms with Crippen molar-refractivity contribution >= 4 is 142 Å². The van der Waals surface area contributed by atoms with Crippen molar-refractivity contribution in [3.8, 4) is 45.3 Å². The van der Waals surface area contributed by atoms with Gasteiger partial charge in [-0.3, -0.25) is 0 Å². The highest BCUT2D eigenvalue weighted by Gasteiger charge is 2.36. The standard InChI is InChI=1S/C87H49F3N8/c1-91-70-29-19-28-69(87(88,89)90)86(70)68-50-84(97-80-46-52(93-72-30-11-3-20-56(72)57-21-4-12-31-73(57)93)38-42-64(80)65-43-39-53(47-81(65)97)94-74-32-13-5-22-58(74)59-23-6-14-33-75(59)94)85(51-71(68)92-2)98-82-48-54(95-76-34-15-7-24-60(76)61-25-8-16-35-77(61)95)40-44-66(82)67-45-41-55(49-83(67)98)96-78-36-17-9-26-62(78)63-27-10-18-37-79(63)96/h3-51H. The molecule has 458 valence electrons. The van der Waals surface area contributed by atoms with Gasteiger partial charge >= 0.3 is 6.18 Å². The van der Waals surface area contributed by atoms with Crippen LogP contribution in [0, 0.1) is 13.1 Å². The highest BCUT2D eigenvalue weighted by molar-refractivity contribution is 6.17. The Bertz CT molecular complexity index is 6410. The molecular weight excluding hydrogens is 1210 g/mol. The van der Waals surface area contributed by atoms with Gasteiger partial charge in [-0.15, -0.1) is 0 Å². The predicted octanol–water partition coefficient (Wildman–Crippen LogP) is 24.1. The number of alkyl halides is 3. The average Bonchev–Trinajstić information content (AvgIpc) is 1.63. The van der Waals surface area contributed by atoms with E-state index in [0.29, 0.717) is 11.4 Å². The van der Waals surface area contributed by atoms with Gasteiger partial charge in [0.2, 0.25) is 0 Å². The highest BCUT2D eigenvalue weighted by atomic mass is 19.4. The zero-order valence-electron chi connectivity index (χ0n) is 52.0. The summed E-state index contributed by atoms with van der Waals surface area (Å²) in [5.41, 5.74) is 14.0. The van der Waals surface area contributed by atoms with Crippen molar-refractivity contribution in [1.82, 2.24) is 27.4 Å². The summed E-state index contributed by atoms with van der Waals surface area (Å²) < 4.78 is 61.7. The van der Waals surface area contributed by atoms with Gasteiger partial charge in [0.1, 0.15) is 0 Å². The van der Waals surface area contributed by atoms with Crippen LogP contribution in [0.2, 0.25) is 0 Å². The molecule has 0 aliphatic heterocycles. The zero-order valence-corrected chi connectivity index (χ0v) is 52.0. The molecular formula is C87H49F3N8. The number of halogens is 3. The fraction of sp³-hybridized carbons (Fsp3) is 0.0115. The van der Waals surface area contributed by atoms with E-state index in [1.165, 1.54) is 12.1 Å². The van der Waals surface area contributed by atoms with E-state index in [9.17, 15) is 6.57 Å². The van der Waals surface area contributed by atoms with Gasteiger partial charge in [0.15, 0.2) is 11.4 Å². The Kier molecular flexibility index (Phi) is 11.6. The van der Waals surface area contributed by atoms with Gasteiger partial charge in [-0.1, -0.05) is 188 Å². The number of aromatic nitrogens is 6. The lowest BCUT2D eigenvalue weighted by Crippen LogP contribution is -2.09. The van der Waals surface area contributed by atoms with E-state index in [0.717, 1.165) is 160 Å². The molecule has 0 spiro atoms. The predicted molar refractivity (Wildman–Crippen MR) is 395 cm³/mol. The van der Waals surface area contributed by atoms with Crippen molar-refractivity contribution in [2.75, 3.05) is 0 Å². The maximum absolute atomic E-state index is 16.0. The summed E-state index contributed by atoms with van der Waals surface area (Å²) in [5, 5.41) is 12.4. The van der Waals surface area contributed by atoms with Crippen LogP contribution in [-0.4, -0.2) is 27.4 Å². The first-order valence-corrected chi connectivity index (χ1v) is 32.5. The van der Waals surface area contributed by atoms with Crippen LogP contribution in [0.1, 0.15) is 5.56 Å². The van der Waals surface area contributed by atoms with Gasteiger partial charge in [-0.05, 0) is 120 Å². The molecule has 0 amide bonds. The lowest BCUT2D eigenvalue weighted by molar-refractivity contribution is -0.137. The molecule has 0 aliphatic carbocycles. The van der Waals surface area contributed by atoms with Crippen LogP contribution < -0.4 is 0 Å². The molecule has 6 aromatic heterocycles. The first kappa shape index (κ1) is 55.1. The van der Waals surface area contributed by atoms with E-state index >= 15 is 13.2 Å². The van der Waals surface area contributed by atoms with Crippen molar-refractivity contribution in [1.29, 1.82) is 0 Å². The maximum Gasteiger partial charge on any atom is 0.415 e. The van der Waals surface area contributed by atoms with Crippen LogP contribution in [-0.2, 0) is 6.18 Å². The van der Waals surface area contributed by atoms with Gasteiger partial charge < -0.3 is 27.4 Å². The lowest BCUT2D eigenvalue weighted by atomic mass is 9.94. The van der Waals surface area contributed by atoms with Gasteiger partial charge in [0, 0.05) is 87.4 Å². The molecule has 0 N–H and O–H groups in total. The third kappa shape index (κ3) is 7.75. The van der Waals surface area contributed by atoms with Crippen molar-refractivity contribution < 1.29 is 13.2 Å². The van der Waals surface area contributed by atoms with E-state index < -0.39 is 11.7 Å². The number of para-hydroxylation sites is 8. The first-order valence-electron chi connectivity index (χ1n) is 32.5. The Labute approximate surface area is 556 Å². The lowest BCUT2D eigenvalue weighted by Gasteiger charge is -2.22. The summed E-state index contributed by atoms with van der Waals surface area (Å²) >= 11 is 0. The molecule has 8 nitrogen and oxygen atoms in total. The van der Waals surface area contributed by atoms with Crippen molar-refractivity contribution in [2.24, 2.45) is 0 Å². The SMILES string of the molecule is [C-]#[N+]c1cc(-n2c3cc(-n4c5ccccc5c5ccccc54)ccc3c3ccc(-n4c5ccccc5c5ccccc54)cc32)c(-n2c3cc(-n4c5ccccc5c5ccccc54)ccc3c3ccc(-n4c5ccccc5c5ccccc54)cc32)cc1-c1c([N+]#[C-])cccc1C(F)(F)F. The molecule has 20 aromatic rings. The molecule has 0 saturated heterocycles. The Morgan fingerprint density at radius 2 is 0.490 bits per heavy atom. The number of benzene rings is 14. The number of hydrogen-bond donors (Lipinski definition) is 0. The van der Waals surface area contributed by atoms with Crippen LogP contribution >= 0.6 is 0 Å². The summed E-state index contributed by atoms with van der Waals surface area (Å²) in [7, 11) is 0. The van der Waals surface area contributed by atoms with E-state index in [4.69, 9.17) is 6.57 Å². The third-order valence-electron chi connectivity index (χ3n) is 20.3. The summed E-state index contributed by atoms with van der Waals surface area (Å²) in [6, 6.07) is 101. The molecule has 6 heterocycles. The second-order valence-electron chi connectivity index (χ2n) is 25.2. The first-order chi connectivity index (χ1) is 48.2. The van der Waals surface area contributed by atoms with Crippen LogP contribution in [0.15, 0.2) is 297 Å². The zero-order chi connectivity index (χ0) is 65.2. The summed E-state index contributed by atoms with van der Waals surface area (Å²) in [6.45, 7) is 17.8. The molecule has 0 radical (unpaired) electrons. The monoisotopic (exact) mass is 1260 g/mol.